The monoisotopic (exact) mass is 603 g/mol. The van der Waals surface area contributed by atoms with Crippen LogP contribution in [0.4, 0.5) is 5.69 Å². The topological polar surface area (TPSA) is 86.8 Å². The molecule has 7 nitrogen and oxygen atoms in total. The Morgan fingerprint density at radius 1 is 0.975 bits per heavy atom. The molecule has 0 spiro atoms. The summed E-state index contributed by atoms with van der Waals surface area (Å²) in [4.78, 5) is 28.5. The number of amides is 2. The molecule has 0 saturated heterocycles. The Bertz CT molecular complexity index is 1450. The summed E-state index contributed by atoms with van der Waals surface area (Å²) in [7, 11) is -4.24. The number of rotatable bonds is 12. The van der Waals surface area contributed by atoms with Crippen molar-refractivity contribution in [1.29, 1.82) is 0 Å². The summed E-state index contributed by atoms with van der Waals surface area (Å²) in [5.74, 6) is -0.878. The van der Waals surface area contributed by atoms with Gasteiger partial charge in [-0.3, -0.25) is 13.9 Å². The Kier molecular flexibility index (Phi) is 11.0. The molecule has 1 N–H and O–H groups in total. The number of anilines is 1. The molecule has 0 radical (unpaired) electrons. The number of sulfonamides is 1. The molecule has 0 aliphatic rings. The van der Waals surface area contributed by atoms with E-state index in [0.717, 1.165) is 33.8 Å². The maximum absolute atomic E-state index is 14.0. The molecule has 0 aliphatic heterocycles. The Morgan fingerprint density at radius 2 is 1.65 bits per heavy atom. The lowest BCUT2D eigenvalue weighted by Crippen LogP contribution is -2.51. The second-order valence-corrected chi connectivity index (χ2v) is 12.4. The van der Waals surface area contributed by atoms with E-state index in [4.69, 9.17) is 23.2 Å². The number of unbranched alkanes of at least 4 members (excludes halogenated alkanes) is 1. The van der Waals surface area contributed by atoms with Crippen LogP contribution < -0.4 is 9.62 Å². The highest BCUT2D eigenvalue weighted by Gasteiger charge is 2.33. The van der Waals surface area contributed by atoms with E-state index in [-0.39, 0.29) is 33.1 Å². The molecule has 2 amide bonds. The van der Waals surface area contributed by atoms with Gasteiger partial charge in [-0.05, 0) is 68.7 Å². The number of benzene rings is 3. The van der Waals surface area contributed by atoms with Gasteiger partial charge < -0.3 is 10.2 Å². The second-order valence-electron chi connectivity index (χ2n) is 9.69. The molecule has 3 rings (SSSR count). The average Bonchev–Trinajstić information content (AvgIpc) is 2.92. The molecule has 0 aromatic heterocycles. The Morgan fingerprint density at radius 3 is 2.30 bits per heavy atom. The van der Waals surface area contributed by atoms with Gasteiger partial charge in [0.25, 0.3) is 10.0 Å². The number of nitrogens with zero attached hydrogens (tertiary/aromatic N) is 2. The standard InChI is InChI=1S/C30H35Cl2N3O4S/c1-5-6-17-33-30(37)23(4)34(19-24-10-8-7-9-22(24)3)29(36)20-35(28-18-25(31)13-16-27(28)32)40(38,39)26-14-11-21(2)12-15-26/h7-16,18,23H,5-6,17,19-20H2,1-4H3,(H,33,37)/t23-/m1/s1. The van der Waals surface area contributed by atoms with Gasteiger partial charge in [0.05, 0.1) is 15.6 Å². The Hall–Kier alpha value is -3.07. The SMILES string of the molecule is CCCCNC(=O)[C@@H](C)N(Cc1ccccc1C)C(=O)CN(c1cc(Cl)ccc1Cl)S(=O)(=O)c1ccc(C)cc1. The van der Waals surface area contributed by atoms with E-state index in [1.165, 1.54) is 29.2 Å². The number of aryl methyl sites for hydroxylation is 2. The molecule has 3 aromatic rings. The van der Waals surface area contributed by atoms with Crippen LogP contribution >= 0.6 is 23.2 Å². The summed E-state index contributed by atoms with van der Waals surface area (Å²) < 4.78 is 28.8. The fraction of sp³-hybridized carbons (Fsp3) is 0.333. The fourth-order valence-electron chi connectivity index (χ4n) is 4.12. The molecule has 0 saturated carbocycles. The van der Waals surface area contributed by atoms with E-state index in [1.54, 1.807) is 25.1 Å². The van der Waals surface area contributed by atoms with Crippen molar-refractivity contribution in [2.45, 2.75) is 58.0 Å². The minimum absolute atomic E-state index is 0.00208. The van der Waals surface area contributed by atoms with Crippen molar-refractivity contribution in [3.05, 3.63) is 93.5 Å². The van der Waals surface area contributed by atoms with Gasteiger partial charge in [-0.15, -0.1) is 0 Å². The third kappa shape index (κ3) is 7.77. The first kappa shape index (κ1) is 31.5. The zero-order chi connectivity index (χ0) is 29.4. The quantitative estimate of drug-likeness (QED) is 0.252. The zero-order valence-electron chi connectivity index (χ0n) is 23.2. The van der Waals surface area contributed by atoms with Gasteiger partial charge in [0.2, 0.25) is 11.8 Å². The Labute approximate surface area is 247 Å². The van der Waals surface area contributed by atoms with Gasteiger partial charge in [0.15, 0.2) is 0 Å². The van der Waals surface area contributed by atoms with E-state index in [1.807, 2.05) is 45.0 Å². The van der Waals surface area contributed by atoms with Crippen LogP contribution in [-0.2, 0) is 26.2 Å². The van der Waals surface area contributed by atoms with Crippen molar-refractivity contribution in [1.82, 2.24) is 10.2 Å². The number of halogens is 2. The van der Waals surface area contributed by atoms with Gasteiger partial charge in [-0.2, -0.15) is 0 Å². The van der Waals surface area contributed by atoms with Gasteiger partial charge in [-0.25, -0.2) is 8.42 Å². The molecule has 10 heteroatoms. The fourth-order valence-corrected chi connectivity index (χ4v) is 5.98. The van der Waals surface area contributed by atoms with Crippen LogP contribution in [0.15, 0.2) is 71.6 Å². The number of nitrogens with one attached hydrogen (secondary N) is 1. The van der Waals surface area contributed by atoms with Crippen molar-refractivity contribution in [3.8, 4) is 0 Å². The van der Waals surface area contributed by atoms with Gasteiger partial charge in [-0.1, -0.05) is 78.5 Å². The zero-order valence-corrected chi connectivity index (χ0v) is 25.5. The average molecular weight is 605 g/mol. The van der Waals surface area contributed by atoms with Gasteiger partial charge in [0.1, 0.15) is 12.6 Å². The van der Waals surface area contributed by atoms with Crippen LogP contribution in [0.2, 0.25) is 10.0 Å². The molecule has 40 heavy (non-hydrogen) atoms. The molecule has 0 heterocycles. The number of hydrogen-bond donors (Lipinski definition) is 1. The van der Waals surface area contributed by atoms with Crippen molar-refractivity contribution in [2.24, 2.45) is 0 Å². The normalized spacial score (nSPS) is 12.1. The summed E-state index contributed by atoms with van der Waals surface area (Å²) in [6.45, 7) is 7.45. The molecule has 214 valence electrons. The Balaban J connectivity index is 2.05. The summed E-state index contributed by atoms with van der Waals surface area (Å²) in [6, 6.07) is 17.5. The van der Waals surface area contributed by atoms with Crippen molar-refractivity contribution in [2.75, 3.05) is 17.4 Å². The van der Waals surface area contributed by atoms with E-state index >= 15 is 0 Å². The summed E-state index contributed by atoms with van der Waals surface area (Å²) in [5.41, 5.74) is 2.74. The largest absolute Gasteiger partial charge is 0.354 e. The van der Waals surface area contributed by atoms with Crippen molar-refractivity contribution >= 4 is 50.7 Å². The highest BCUT2D eigenvalue weighted by atomic mass is 35.5. The summed E-state index contributed by atoms with van der Waals surface area (Å²) in [6.07, 6.45) is 1.72. The number of hydrogen-bond acceptors (Lipinski definition) is 4. The first-order valence-corrected chi connectivity index (χ1v) is 15.3. The van der Waals surface area contributed by atoms with Crippen molar-refractivity contribution < 1.29 is 18.0 Å². The predicted octanol–water partition coefficient (Wildman–Crippen LogP) is 6.14. The van der Waals surface area contributed by atoms with Gasteiger partial charge >= 0.3 is 0 Å². The second kappa shape index (κ2) is 14.0. The predicted molar refractivity (Wildman–Crippen MR) is 161 cm³/mol. The minimum atomic E-state index is -4.24. The van der Waals surface area contributed by atoms with Crippen LogP contribution in [0.3, 0.4) is 0 Å². The van der Waals surface area contributed by atoms with Crippen LogP contribution in [0.5, 0.6) is 0 Å². The molecular formula is C30H35Cl2N3O4S. The minimum Gasteiger partial charge on any atom is -0.354 e. The third-order valence-corrected chi connectivity index (χ3v) is 8.99. The molecule has 0 fully saturated rings. The van der Waals surface area contributed by atoms with E-state index < -0.39 is 28.5 Å². The number of carbonyl (C=O) groups is 2. The van der Waals surface area contributed by atoms with Gasteiger partial charge in [0, 0.05) is 18.1 Å². The molecule has 0 unspecified atom stereocenters. The van der Waals surface area contributed by atoms with E-state index in [0.29, 0.717) is 6.54 Å². The van der Waals surface area contributed by atoms with Crippen LogP contribution in [0, 0.1) is 13.8 Å². The summed E-state index contributed by atoms with van der Waals surface area (Å²) >= 11 is 12.7. The van der Waals surface area contributed by atoms with Crippen molar-refractivity contribution in [3.63, 3.8) is 0 Å². The molecule has 1 atom stereocenters. The first-order chi connectivity index (χ1) is 18.9. The van der Waals surface area contributed by atoms with Crippen LogP contribution in [0.25, 0.3) is 0 Å². The smallest absolute Gasteiger partial charge is 0.264 e. The lowest BCUT2D eigenvalue weighted by Gasteiger charge is -2.32. The maximum Gasteiger partial charge on any atom is 0.264 e. The van der Waals surface area contributed by atoms with Crippen LogP contribution in [0.1, 0.15) is 43.4 Å². The highest BCUT2D eigenvalue weighted by Crippen LogP contribution is 2.33. The molecule has 0 bridgehead atoms. The lowest BCUT2D eigenvalue weighted by molar-refractivity contribution is -0.139. The lowest BCUT2D eigenvalue weighted by atomic mass is 10.1. The molecular weight excluding hydrogens is 569 g/mol. The molecule has 3 aromatic carbocycles. The van der Waals surface area contributed by atoms with E-state index in [9.17, 15) is 18.0 Å². The molecule has 0 aliphatic carbocycles. The maximum atomic E-state index is 14.0. The first-order valence-electron chi connectivity index (χ1n) is 13.1. The highest BCUT2D eigenvalue weighted by molar-refractivity contribution is 7.92. The number of carbonyl (C=O) groups excluding carboxylic acids is 2. The van der Waals surface area contributed by atoms with Crippen LogP contribution in [-0.4, -0.2) is 44.3 Å². The van der Waals surface area contributed by atoms with E-state index in [2.05, 4.69) is 5.32 Å². The summed E-state index contributed by atoms with van der Waals surface area (Å²) in [5, 5.41) is 3.25. The third-order valence-electron chi connectivity index (χ3n) is 6.66.